The molecule has 0 atom stereocenters. The van der Waals surface area contributed by atoms with Crippen molar-refractivity contribution < 1.29 is 65.0 Å². The number of methoxy groups -OCH3 is 4. The SMILES string of the molecule is COc1cc(C=O)ccc1OP(Oc1ccc(C=O)cc1OC)Oc1ccccc1[Si](C)(C)OP(Oc1ccc(C=O)cc1OC)Oc1ccc(C=O)cc1OC. The molecule has 296 valence electrons. The molecule has 5 rings (SSSR count). The molecule has 0 unspecified atom stereocenters. The first-order chi connectivity index (χ1) is 27.6. The maximum Gasteiger partial charge on any atom is 0.530 e. The predicted octanol–water partition coefficient (Wildman–Crippen LogP) is 8.55. The van der Waals surface area contributed by atoms with Gasteiger partial charge in [0.05, 0.1) is 28.4 Å². The minimum absolute atomic E-state index is 0.220. The summed E-state index contributed by atoms with van der Waals surface area (Å²) in [7, 11) is -2.09. The first-order valence-corrected chi connectivity index (χ1v) is 22.0. The molecular weight excluding hydrogens is 794 g/mol. The molecule has 0 fully saturated rings. The lowest BCUT2D eigenvalue weighted by molar-refractivity contribution is 0.111. The highest BCUT2D eigenvalue weighted by atomic mass is 31.2. The molecule has 5 aromatic carbocycles. The van der Waals surface area contributed by atoms with Gasteiger partial charge >= 0.3 is 17.2 Å². The van der Waals surface area contributed by atoms with Gasteiger partial charge in [0.25, 0.3) is 0 Å². The zero-order valence-electron chi connectivity index (χ0n) is 31.7. The summed E-state index contributed by atoms with van der Waals surface area (Å²) in [5.74, 6) is 2.28. The molecule has 0 radical (unpaired) electrons. The van der Waals surface area contributed by atoms with Crippen molar-refractivity contribution in [1.82, 2.24) is 0 Å². The van der Waals surface area contributed by atoms with Crippen LogP contribution in [0.25, 0.3) is 0 Å². The lowest BCUT2D eigenvalue weighted by Gasteiger charge is -2.30. The van der Waals surface area contributed by atoms with E-state index < -0.39 is 25.5 Å². The molecule has 5 aromatic rings. The van der Waals surface area contributed by atoms with E-state index in [1.54, 1.807) is 60.7 Å². The number of aldehydes is 4. The summed E-state index contributed by atoms with van der Waals surface area (Å²) in [5, 5.41) is 0.641. The molecule has 0 N–H and O–H groups in total. The summed E-state index contributed by atoms with van der Waals surface area (Å²) in [6.45, 7) is 3.81. The third-order valence-corrected chi connectivity index (χ3v) is 13.9. The number of hydrogen-bond acceptors (Lipinski definition) is 14. The molecule has 14 nitrogen and oxygen atoms in total. The monoisotopic (exact) mass is 832 g/mol. The molecule has 0 amide bonds. The average molecular weight is 833 g/mol. The van der Waals surface area contributed by atoms with Gasteiger partial charge in [-0.3, -0.25) is 19.2 Å². The van der Waals surface area contributed by atoms with E-state index in [4.69, 9.17) is 45.8 Å². The van der Waals surface area contributed by atoms with Gasteiger partial charge < -0.3 is 45.8 Å². The zero-order valence-corrected chi connectivity index (χ0v) is 34.4. The molecule has 17 heteroatoms. The van der Waals surface area contributed by atoms with Crippen LogP contribution in [-0.2, 0) is 4.21 Å². The summed E-state index contributed by atoms with van der Waals surface area (Å²) in [4.78, 5) is 46.0. The highest BCUT2D eigenvalue weighted by Gasteiger charge is 2.38. The quantitative estimate of drug-likeness (QED) is 0.0393. The van der Waals surface area contributed by atoms with Crippen LogP contribution in [0.15, 0.2) is 97.1 Å². The van der Waals surface area contributed by atoms with Gasteiger partial charge in [-0.05, 0) is 92.0 Å². The summed E-state index contributed by atoms with van der Waals surface area (Å²) in [5.41, 5.74) is 1.46. The molecule has 0 aliphatic heterocycles. The van der Waals surface area contributed by atoms with E-state index in [0.717, 1.165) is 0 Å². The second kappa shape index (κ2) is 19.7. The van der Waals surface area contributed by atoms with E-state index in [1.807, 2.05) is 25.2 Å². The van der Waals surface area contributed by atoms with Gasteiger partial charge in [-0.2, -0.15) is 0 Å². The van der Waals surface area contributed by atoms with Crippen molar-refractivity contribution in [2.24, 2.45) is 0 Å². The number of ether oxygens (including phenoxy) is 4. The molecular formula is C40H38O14P2Si. The first-order valence-electron chi connectivity index (χ1n) is 16.9. The maximum atomic E-state index is 11.5. The molecule has 0 aromatic heterocycles. The number of para-hydroxylation sites is 1. The van der Waals surface area contributed by atoms with E-state index in [0.29, 0.717) is 58.3 Å². The van der Waals surface area contributed by atoms with Crippen LogP contribution in [0.1, 0.15) is 41.4 Å². The van der Waals surface area contributed by atoms with Crippen LogP contribution in [-0.4, -0.2) is 61.9 Å². The Morgan fingerprint density at radius 1 is 0.404 bits per heavy atom. The van der Waals surface area contributed by atoms with Crippen molar-refractivity contribution in [1.29, 1.82) is 0 Å². The Kier molecular flexibility index (Phi) is 14.6. The van der Waals surface area contributed by atoms with Gasteiger partial charge in [0.2, 0.25) is 8.32 Å². The fourth-order valence-electron chi connectivity index (χ4n) is 5.12. The van der Waals surface area contributed by atoms with Crippen molar-refractivity contribution >= 4 is 55.9 Å². The molecule has 0 bridgehead atoms. The van der Waals surface area contributed by atoms with Crippen LogP contribution in [0, 0.1) is 0 Å². The van der Waals surface area contributed by atoms with Gasteiger partial charge in [0, 0.05) is 27.4 Å². The minimum Gasteiger partial charge on any atom is -0.493 e. The number of rotatable bonds is 21. The Balaban J connectivity index is 1.53. The van der Waals surface area contributed by atoms with E-state index in [-0.39, 0.29) is 46.0 Å². The van der Waals surface area contributed by atoms with E-state index in [2.05, 4.69) is 0 Å². The van der Waals surface area contributed by atoms with Gasteiger partial charge in [0.1, 0.15) is 30.9 Å². The fourth-order valence-corrected chi connectivity index (χ4v) is 10.3. The number of hydrogen-bond donors (Lipinski definition) is 0. The van der Waals surface area contributed by atoms with Gasteiger partial charge in [0.15, 0.2) is 46.0 Å². The first kappa shape index (κ1) is 42.2. The largest absolute Gasteiger partial charge is 0.530 e. The minimum atomic E-state index is -3.16. The number of benzene rings is 5. The maximum absolute atomic E-state index is 11.5. The molecule has 0 heterocycles. The van der Waals surface area contributed by atoms with Gasteiger partial charge in [-0.25, -0.2) is 0 Å². The lowest BCUT2D eigenvalue weighted by atomic mass is 10.2. The normalized spacial score (nSPS) is 10.9. The van der Waals surface area contributed by atoms with Gasteiger partial charge in [-0.15, -0.1) is 0 Å². The Morgan fingerprint density at radius 3 is 1.05 bits per heavy atom. The third-order valence-electron chi connectivity index (χ3n) is 8.00. The van der Waals surface area contributed by atoms with Crippen LogP contribution in [0.4, 0.5) is 0 Å². The third kappa shape index (κ3) is 10.7. The zero-order chi connectivity index (χ0) is 41.0. The Morgan fingerprint density at radius 2 is 0.719 bits per heavy atom. The van der Waals surface area contributed by atoms with Crippen LogP contribution in [0.5, 0.6) is 51.7 Å². The van der Waals surface area contributed by atoms with Crippen molar-refractivity contribution in [3.63, 3.8) is 0 Å². The summed E-state index contributed by atoms with van der Waals surface area (Å²) < 4.78 is 60.6. The van der Waals surface area contributed by atoms with Crippen LogP contribution >= 0.6 is 17.2 Å². The Bertz CT molecular complexity index is 2090. The van der Waals surface area contributed by atoms with Crippen LogP contribution in [0.3, 0.4) is 0 Å². The van der Waals surface area contributed by atoms with Crippen LogP contribution < -0.4 is 46.8 Å². The molecule has 57 heavy (non-hydrogen) atoms. The summed E-state index contributed by atoms with van der Waals surface area (Å²) in [6, 6.07) is 25.7. The highest BCUT2D eigenvalue weighted by Crippen LogP contribution is 2.50. The van der Waals surface area contributed by atoms with Gasteiger partial charge in [-0.1, -0.05) is 18.2 Å². The fraction of sp³-hybridized carbons (Fsp3) is 0.150. The standard InChI is InChI=1S/C40H38O14P2Si/c1-45-36-19-27(23-41)11-15-31(36)49-55(50-32-16-12-28(24-42)20-37(32)46-2)53-35-9-7-8-10-40(35)57(5,6)54-56(51-33-17-13-29(25-43)21-38(33)47-3)52-34-18-14-30(26-44)22-39(34)48-4/h7-26H,1-6H3. The summed E-state index contributed by atoms with van der Waals surface area (Å²) in [6.07, 6.45) is 2.73. The lowest BCUT2D eigenvalue weighted by Crippen LogP contribution is -2.44. The Labute approximate surface area is 332 Å². The van der Waals surface area contributed by atoms with E-state index in [1.165, 1.54) is 52.7 Å². The average Bonchev–Trinajstić information content (AvgIpc) is 3.24. The number of carbonyl (C=O) groups excluding carboxylic acids is 4. The molecule has 0 aliphatic rings. The van der Waals surface area contributed by atoms with E-state index >= 15 is 0 Å². The van der Waals surface area contributed by atoms with Crippen molar-refractivity contribution in [2.45, 2.75) is 13.1 Å². The second-order valence-electron chi connectivity index (χ2n) is 12.1. The molecule has 0 spiro atoms. The summed E-state index contributed by atoms with van der Waals surface area (Å²) >= 11 is 0. The topological polar surface area (TPSA) is 161 Å². The van der Waals surface area contributed by atoms with Crippen LogP contribution in [0.2, 0.25) is 13.1 Å². The van der Waals surface area contributed by atoms with Crippen molar-refractivity contribution in [2.75, 3.05) is 28.4 Å². The second-order valence-corrected chi connectivity index (χ2v) is 18.2. The molecule has 0 saturated heterocycles. The predicted molar refractivity (Wildman–Crippen MR) is 215 cm³/mol. The molecule has 0 aliphatic carbocycles. The van der Waals surface area contributed by atoms with Crippen molar-refractivity contribution in [3.05, 3.63) is 119 Å². The van der Waals surface area contributed by atoms with Crippen molar-refractivity contribution in [3.8, 4) is 51.7 Å². The van der Waals surface area contributed by atoms with E-state index in [9.17, 15) is 19.2 Å². The molecule has 0 saturated carbocycles. The highest BCUT2D eigenvalue weighted by molar-refractivity contribution is 7.45. The Hall–Kier alpha value is -5.98. The number of carbonyl (C=O) groups is 4. The smallest absolute Gasteiger partial charge is 0.493 e.